The number of hydrogen-bond donors (Lipinski definition) is 2. The van der Waals surface area contributed by atoms with Crippen molar-refractivity contribution in [3.05, 3.63) is 30.4 Å². The Hall–Kier alpha value is -1.90. The normalized spacial score (nSPS) is 12.5. The van der Waals surface area contributed by atoms with Gasteiger partial charge in [-0.3, -0.25) is 16.3 Å². The fraction of sp³-hybridized carbons (Fsp3) is 0.200. The summed E-state index contributed by atoms with van der Waals surface area (Å²) in [5.74, 6) is 8.01. The van der Waals surface area contributed by atoms with E-state index in [9.17, 15) is 0 Å². The molecule has 0 amide bonds. The highest BCUT2D eigenvalue weighted by Gasteiger charge is 2.13. The molecule has 2 aromatic heterocycles. The smallest absolute Gasteiger partial charge is 0.0893 e. The van der Waals surface area contributed by atoms with Gasteiger partial charge in [0.1, 0.15) is 0 Å². The van der Waals surface area contributed by atoms with E-state index in [-0.39, 0.29) is 6.04 Å². The maximum absolute atomic E-state index is 5.44. The van der Waals surface area contributed by atoms with Crippen LogP contribution in [-0.2, 0) is 0 Å². The summed E-state index contributed by atoms with van der Waals surface area (Å²) in [6.07, 6.45) is 12.7. The second kappa shape index (κ2) is 4.09. The molecule has 0 saturated carbocycles. The first kappa shape index (κ1) is 9.65. The number of nitrogens with two attached hydrogens (primary N) is 1. The summed E-state index contributed by atoms with van der Waals surface area (Å²) in [4.78, 5) is 4.04. The SMILES string of the molecule is C#CCC(NN)c1cnn2ccncc12. The average molecular weight is 201 g/mol. The molecule has 5 heteroatoms. The predicted molar refractivity (Wildman–Crippen MR) is 56.5 cm³/mol. The van der Waals surface area contributed by atoms with Crippen LogP contribution in [0.3, 0.4) is 0 Å². The Kier molecular flexibility index (Phi) is 2.63. The number of hydrogen-bond acceptors (Lipinski definition) is 4. The highest BCUT2D eigenvalue weighted by Crippen LogP contribution is 2.19. The molecule has 0 bridgehead atoms. The molecular weight excluding hydrogens is 190 g/mol. The van der Waals surface area contributed by atoms with Crippen molar-refractivity contribution in [2.24, 2.45) is 5.84 Å². The predicted octanol–water partition coefficient (Wildman–Crippen LogP) is 0.257. The number of nitrogens with zero attached hydrogens (tertiary/aromatic N) is 3. The van der Waals surface area contributed by atoms with Gasteiger partial charge in [0.2, 0.25) is 0 Å². The van der Waals surface area contributed by atoms with Crippen LogP contribution >= 0.6 is 0 Å². The van der Waals surface area contributed by atoms with E-state index in [1.54, 1.807) is 29.3 Å². The van der Waals surface area contributed by atoms with Gasteiger partial charge in [-0.05, 0) is 0 Å². The van der Waals surface area contributed by atoms with Crippen LogP contribution in [0.4, 0.5) is 0 Å². The number of fused-ring (bicyclic) bond motifs is 1. The van der Waals surface area contributed by atoms with Crippen LogP contribution in [0.5, 0.6) is 0 Å². The Balaban J connectivity index is 2.47. The number of rotatable bonds is 3. The van der Waals surface area contributed by atoms with Crippen molar-refractivity contribution in [3.63, 3.8) is 0 Å². The van der Waals surface area contributed by atoms with E-state index in [1.165, 1.54) is 0 Å². The monoisotopic (exact) mass is 201 g/mol. The molecule has 1 unspecified atom stereocenters. The second-order valence-electron chi connectivity index (χ2n) is 3.13. The van der Waals surface area contributed by atoms with Crippen molar-refractivity contribution >= 4 is 5.52 Å². The van der Waals surface area contributed by atoms with E-state index in [2.05, 4.69) is 21.4 Å². The van der Waals surface area contributed by atoms with Gasteiger partial charge in [0.05, 0.1) is 24.0 Å². The average Bonchev–Trinajstić information content (AvgIpc) is 2.70. The Morgan fingerprint density at radius 1 is 1.60 bits per heavy atom. The van der Waals surface area contributed by atoms with Gasteiger partial charge < -0.3 is 0 Å². The zero-order chi connectivity index (χ0) is 10.7. The molecule has 0 aliphatic carbocycles. The zero-order valence-electron chi connectivity index (χ0n) is 8.09. The summed E-state index contributed by atoms with van der Waals surface area (Å²) in [5.41, 5.74) is 4.55. The van der Waals surface area contributed by atoms with Gasteiger partial charge in [-0.25, -0.2) is 4.52 Å². The molecule has 0 aromatic carbocycles. The van der Waals surface area contributed by atoms with Crippen LogP contribution in [0.15, 0.2) is 24.8 Å². The van der Waals surface area contributed by atoms with E-state index < -0.39 is 0 Å². The lowest BCUT2D eigenvalue weighted by atomic mass is 10.1. The van der Waals surface area contributed by atoms with Crippen molar-refractivity contribution in [3.8, 4) is 12.3 Å². The van der Waals surface area contributed by atoms with E-state index in [4.69, 9.17) is 12.3 Å². The molecule has 76 valence electrons. The first-order valence-electron chi connectivity index (χ1n) is 4.53. The molecule has 0 radical (unpaired) electrons. The third-order valence-electron chi connectivity index (χ3n) is 2.25. The van der Waals surface area contributed by atoms with E-state index in [1.807, 2.05) is 0 Å². The number of terminal acetylenes is 1. The summed E-state index contributed by atoms with van der Waals surface area (Å²) in [5, 5.41) is 4.18. The van der Waals surface area contributed by atoms with E-state index in [0.29, 0.717) is 6.42 Å². The summed E-state index contributed by atoms with van der Waals surface area (Å²) in [6.45, 7) is 0. The molecule has 2 heterocycles. The van der Waals surface area contributed by atoms with Crippen LogP contribution in [0.1, 0.15) is 18.0 Å². The van der Waals surface area contributed by atoms with Crippen LogP contribution in [-0.4, -0.2) is 14.6 Å². The Bertz CT molecular complexity index is 496. The first-order chi connectivity index (χ1) is 7.36. The lowest BCUT2D eigenvalue weighted by Crippen LogP contribution is -2.27. The number of aromatic nitrogens is 3. The van der Waals surface area contributed by atoms with E-state index >= 15 is 0 Å². The minimum atomic E-state index is -0.0864. The Morgan fingerprint density at radius 2 is 2.47 bits per heavy atom. The molecule has 3 N–H and O–H groups in total. The quantitative estimate of drug-likeness (QED) is 0.424. The lowest BCUT2D eigenvalue weighted by molar-refractivity contribution is 0.571. The minimum Gasteiger partial charge on any atom is -0.271 e. The standard InChI is InChI=1S/C10H11N5/c1-2-3-9(14-11)8-6-13-15-5-4-12-7-10(8)15/h1,4-7,9,14H,3,11H2. The second-order valence-corrected chi connectivity index (χ2v) is 3.13. The largest absolute Gasteiger partial charge is 0.271 e. The van der Waals surface area contributed by atoms with Crippen LogP contribution in [0.25, 0.3) is 5.52 Å². The maximum Gasteiger partial charge on any atom is 0.0893 e. The van der Waals surface area contributed by atoms with Gasteiger partial charge in [0.25, 0.3) is 0 Å². The molecular formula is C10H11N5. The van der Waals surface area contributed by atoms with Crippen molar-refractivity contribution in [2.75, 3.05) is 0 Å². The van der Waals surface area contributed by atoms with Crippen LogP contribution in [0.2, 0.25) is 0 Å². The first-order valence-corrected chi connectivity index (χ1v) is 4.53. The van der Waals surface area contributed by atoms with E-state index in [0.717, 1.165) is 11.1 Å². The Labute approximate surface area is 87.3 Å². The molecule has 1 atom stereocenters. The highest BCUT2D eigenvalue weighted by molar-refractivity contribution is 5.53. The molecule has 5 nitrogen and oxygen atoms in total. The minimum absolute atomic E-state index is 0.0864. The van der Waals surface area contributed by atoms with Crippen molar-refractivity contribution < 1.29 is 0 Å². The van der Waals surface area contributed by atoms with Gasteiger partial charge >= 0.3 is 0 Å². The van der Waals surface area contributed by atoms with Gasteiger partial charge in [-0.15, -0.1) is 12.3 Å². The molecule has 15 heavy (non-hydrogen) atoms. The molecule has 0 aliphatic heterocycles. The summed E-state index contributed by atoms with van der Waals surface area (Å²) >= 11 is 0. The third kappa shape index (κ3) is 1.68. The van der Waals surface area contributed by atoms with Gasteiger partial charge in [-0.2, -0.15) is 5.10 Å². The number of hydrazine groups is 1. The van der Waals surface area contributed by atoms with Gasteiger partial charge in [0, 0.05) is 24.4 Å². The molecule has 0 spiro atoms. The molecule has 0 fully saturated rings. The van der Waals surface area contributed by atoms with Gasteiger partial charge in [0.15, 0.2) is 0 Å². The van der Waals surface area contributed by atoms with Crippen LogP contribution in [0, 0.1) is 12.3 Å². The Morgan fingerprint density at radius 3 is 3.20 bits per heavy atom. The summed E-state index contributed by atoms with van der Waals surface area (Å²) < 4.78 is 1.74. The molecule has 2 rings (SSSR count). The fourth-order valence-electron chi connectivity index (χ4n) is 1.50. The fourth-order valence-corrected chi connectivity index (χ4v) is 1.50. The third-order valence-corrected chi connectivity index (χ3v) is 2.25. The molecule has 2 aromatic rings. The molecule has 0 saturated heterocycles. The van der Waals surface area contributed by atoms with Crippen molar-refractivity contribution in [1.82, 2.24) is 20.0 Å². The van der Waals surface area contributed by atoms with Crippen molar-refractivity contribution in [1.29, 1.82) is 0 Å². The highest BCUT2D eigenvalue weighted by atomic mass is 15.3. The summed E-state index contributed by atoms with van der Waals surface area (Å²) in [7, 11) is 0. The zero-order valence-corrected chi connectivity index (χ0v) is 8.09. The summed E-state index contributed by atoms with van der Waals surface area (Å²) in [6, 6.07) is -0.0864. The molecule has 0 aliphatic rings. The van der Waals surface area contributed by atoms with Crippen LogP contribution < -0.4 is 11.3 Å². The van der Waals surface area contributed by atoms with Gasteiger partial charge in [-0.1, -0.05) is 0 Å². The topological polar surface area (TPSA) is 68.2 Å². The lowest BCUT2D eigenvalue weighted by Gasteiger charge is -2.10. The maximum atomic E-state index is 5.44. The van der Waals surface area contributed by atoms with Crippen molar-refractivity contribution in [2.45, 2.75) is 12.5 Å². The number of nitrogens with one attached hydrogen (secondary N) is 1.